The minimum Gasteiger partial charge on any atom is -0.423 e. The zero-order valence-electron chi connectivity index (χ0n) is 11.6. The van der Waals surface area contributed by atoms with Crippen LogP contribution in [0.2, 0.25) is 0 Å². The van der Waals surface area contributed by atoms with Crippen molar-refractivity contribution in [2.24, 2.45) is 5.41 Å². The van der Waals surface area contributed by atoms with Crippen molar-refractivity contribution in [1.29, 1.82) is 0 Å². The van der Waals surface area contributed by atoms with Crippen molar-refractivity contribution in [3.8, 4) is 0 Å². The molecule has 0 radical (unpaired) electrons. The Hall–Kier alpha value is -1.75. The standard InChI is InChI=1S/C14H21N3O2/c1-14(2,3)7-9(18)8-16-13-17-12-10(15)5-4-6-11(12)19-13/h4-6,9,18H,7-8,15H2,1-3H3,(H,16,17). The Labute approximate surface area is 112 Å². The first kappa shape index (κ1) is 13.7. The lowest BCUT2D eigenvalue weighted by molar-refractivity contribution is 0.131. The molecule has 0 aliphatic rings. The van der Waals surface area contributed by atoms with Crippen LogP contribution in [0.1, 0.15) is 27.2 Å². The van der Waals surface area contributed by atoms with Gasteiger partial charge in [-0.05, 0) is 24.0 Å². The first-order chi connectivity index (χ1) is 8.85. The van der Waals surface area contributed by atoms with Gasteiger partial charge < -0.3 is 20.6 Å². The largest absolute Gasteiger partial charge is 0.423 e. The number of rotatable bonds is 4. The third kappa shape index (κ3) is 3.61. The third-order valence-electron chi connectivity index (χ3n) is 2.79. The molecule has 104 valence electrons. The Bertz CT molecular complexity index is 557. The fourth-order valence-corrected chi connectivity index (χ4v) is 2.03. The summed E-state index contributed by atoms with van der Waals surface area (Å²) in [7, 11) is 0. The number of nitrogens with two attached hydrogens (primary N) is 1. The van der Waals surface area contributed by atoms with E-state index in [1.54, 1.807) is 6.07 Å². The second-order valence-corrected chi connectivity index (χ2v) is 6.01. The van der Waals surface area contributed by atoms with E-state index in [9.17, 15) is 5.11 Å². The van der Waals surface area contributed by atoms with Gasteiger partial charge in [0.1, 0.15) is 5.52 Å². The van der Waals surface area contributed by atoms with Crippen LogP contribution in [-0.4, -0.2) is 22.7 Å². The number of aliphatic hydroxyl groups excluding tert-OH is 1. The van der Waals surface area contributed by atoms with Crippen LogP contribution in [0.25, 0.3) is 11.1 Å². The number of anilines is 2. The van der Waals surface area contributed by atoms with Crippen molar-refractivity contribution in [1.82, 2.24) is 4.98 Å². The Morgan fingerprint density at radius 1 is 1.42 bits per heavy atom. The minimum absolute atomic E-state index is 0.0901. The lowest BCUT2D eigenvalue weighted by atomic mass is 9.89. The second-order valence-electron chi connectivity index (χ2n) is 6.01. The molecule has 1 atom stereocenters. The summed E-state index contributed by atoms with van der Waals surface area (Å²) in [5, 5.41) is 12.9. The van der Waals surface area contributed by atoms with Crippen molar-refractivity contribution >= 4 is 22.8 Å². The first-order valence-corrected chi connectivity index (χ1v) is 6.42. The molecule has 1 aromatic heterocycles. The summed E-state index contributed by atoms with van der Waals surface area (Å²) in [5.41, 5.74) is 7.78. The molecule has 0 aliphatic carbocycles. The number of nitrogens with zero attached hydrogens (tertiary/aromatic N) is 1. The molecule has 1 heterocycles. The van der Waals surface area contributed by atoms with Gasteiger partial charge in [-0.25, -0.2) is 0 Å². The number of nitrogens with one attached hydrogen (secondary N) is 1. The van der Waals surface area contributed by atoms with Gasteiger partial charge in [0.15, 0.2) is 5.58 Å². The van der Waals surface area contributed by atoms with Gasteiger partial charge in [0.2, 0.25) is 0 Å². The average Bonchev–Trinajstić information content (AvgIpc) is 2.68. The number of aromatic nitrogens is 1. The van der Waals surface area contributed by atoms with Gasteiger partial charge in [0, 0.05) is 6.54 Å². The highest BCUT2D eigenvalue weighted by molar-refractivity contribution is 5.86. The lowest BCUT2D eigenvalue weighted by Gasteiger charge is -2.22. The maximum absolute atomic E-state index is 9.92. The van der Waals surface area contributed by atoms with Crippen LogP contribution in [0.15, 0.2) is 22.6 Å². The quantitative estimate of drug-likeness (QED) is 0.738. The number of benzene rings is 1. The van der Waals surface area contributed by atoms with E-state index < -0.39 is 6.10 Å². The summed E-state index contributed by atoms with van der Waals surface area (Å²) < 4.78 is 5.52. The Morgan fingerprint density at radius 2 is 2.16 bits per heavy atom. The lowest BCUT2D eigenvalue weighted by Crippen LogP contribution is -2.25. The van der Waals surface area contributed by atoms with Crippen molar-refractivity contribution < 1.29 is 9.52 Å². The van der Waals surface area contributed by atoms with Crippen LogP contribution in [0.4, 0.5) is 11.7 Å². The van der Waals surface area contributed by atoms with Crippen LogP contribution in [0, 0.1) is 5.41 Å². The van der Waals surface area contributed by atoms with E-state index in [2.05, 4.69) is 31.1 Å². The van der Waals surface area contributed by atoms with Gasteiger partial charge >= 0.3 is 0 Å². The summed E-state index contributed by atoms with van der Waals surface area (Å²) in [5.74, 6) is 0. The van der Waals surface area contributed by atoms with Gasteiger partial charge in [-0.1, -0.05) is 26.8 Å². The molecule has 1 aromatic carbocycles. The van der Waals surface area contributed by atoms with E-state index in [0.717, 1.165) is 0 Å². The van der Waals surface area contributed by atoms with Crippen molar-refractivity contribution in [3.63, 3.8) is 0 Å². The number of oxazole rings is 1. The van der Waals surface area contributed by atoms with Crippen LogP contribution >= 0.6 is 0 Å². The molecule has 0 spiro atoms. The highest BCUT2D eigenvalue weighted by Gasteiger charge is 2.17. The molecule has 2 aromatic rings. The van der Waals surface area contributed by atoms with Crippen LogP contribution in [0.5, 0.6) is 0 Å². The van der Waals surface area contributed by atoms with Crippen LogP contribution in [0.3, 0.4) is 0 Å². The molecule has 5 nitrogen and oxygen atoms in total. The zero-order valence-corrected chi connectivity index (χ0v) is 11.6. The SMILES string of the molecule is CC(C)(C)CC(O)CNc1nc2c(N)cccc2o1. The van der Waals surface area contributed by atoms with Gasteiger partial charge in [-0.15, -0.1) is 0 Å². The second kappa shape index (κ2) is 5.09. The molecule has 4 N–H and O–H groups in total. The molecule has 0 bridgehead atoms. The number of hydrogen-bond acceptors (Lipinski definition) is 5. The summed E-state index contributed by atoms with van der Waals surface area (Å²) >= 11 is 0. The van der Waals surface area contributed by atoms with Crippen molar-refractivity contribution in [3.05, 3.63) is 18.2 Å². The summed E-state index contributed by atoms with van der Waals surface area (Å²) in [4.78, 5) is 4.27. The zero-order chi connectivity index (χ0) is 14.0. The summed E-state index contributed by atoms with van der Waals surface area (Å²) in [6, 6.07) is 5.81. The first-order valence-electron chi connectivity index (χ1n) is 6.42. The maximum Gasteiger partial charge on any atom is 0.295 e. The Kier molecular flexibility index (Phi) is 3.66. The molecule has 0 aliphatic heterocycles. The predicted molar refractivity (Wildman–Crippen MR) is 77.0 cm³/mol. The predicted octanol–water partition coefficient (Wildman–Crippen LogP) is 2.62. The summed E-state index contributed by atoms with van der Waals surface area (Å²) in [6.45, 7) is 6.69. The van der Waals surface area contributed by atoms with Gasteiger partial charge in [0.05, 0.1) is 11.8 Å². The van der Waals surface area contributed by atoms with E-state index in [0.29, 0.717) is 35.8 Å². The molecule has 5 heteroatoms. The van der Waals surface area contributed by atoms with E-state index in [-0.39, 0.29) is 5.41 Å². The molecule has 1 unspecified atom stereocenters. The minimum atomic E-state index is -0.438. The highest BCUT2D eigenvalue weighted by atomic mass is 16.4. The van der Waals surface area contributed by atoms with E-state index >= 15 is 0 Å². The van der Waals surface area contributed by atoms with Gasteiger partial charge in [-0.3, -0.25) is 0 Å². The molecular weight excluding hydrogens is 242 g/mol. The molecule has 0 saturated heterocycles. The Balaban J connectivity index is 2.00. The Morgan fingerprint density at radius 3 is 2.79 bits per heavy atom. The highest BCUT2D eigenvalue weighted by Crippen LogP contribution is 2.24. The third-order valence-corrected chi connectivity index (χ3v) is 2.79. The fourth-order valence-electron chi connectivity index (χ4n) is 2.03. The van der Waals surface area contributed by atoms with Crippen molar-refractivity contribution in [2.75, 3.05) is 17.6 Å². The van der Waals surface area contributed by atoms with E-state index in [1.807, 2.05) is 12.1 Å². The van der Waals surface area contributed by atoms with Crippen LogP contribution < -0.4 is 11.1 Å². The maximum atomic E-state index is 9.92. The topological polar surface area (TPSA) is 84.3 Å². The fraction of sp³-hybridized carbons (Fsp3) is 0.500. The average molecular weight is 263 g/mol. The number of para-hydroxylation sites is 1. The molecule has 2 rings (SSSR count). The van der Waals surface area contributed by atoms with Gasteiger partial charge in [-0.2, -0.15) is 4.98 Å². The van der Waals surface area contributed by atoms with Gasteiger partial charge in [0.25, 0.3) is 6.01 Å². The monoisotopic (exact) mass is 263 g/mol. The van der Waals surface area contributed by atoms with Crippen molar-refractivity contribution in [2.45, 2.75) is 33.3 Å². The molecule has 0 amide bonds. The molecule has 0 saturated carbocycles. The smallest absolute Gasteiger partial charge is 0.295 e. The number of nitrogen functional groups attached to an aromatic ring is 1. The molecule has 0 fully saturated rings. The number of aliphatic hydroxyl groups is 1. The summed E-state index contributed by atoms with van der Waals surface area (Å²) in [6.07, 6.45) is 0.273. The van der Waals surface area contributed by atoms with E-state index in [4.69, 9.17) is 10.2 Å². The molecule has 19 heavy (non-hydrogen) atoms. The normalized spacial score (nSPS) is 13.7. The van der Waals surface area contributed by atoms with E-state index in [1.165, 1.54) is 0 Å². The molecular formula is C14H21N3O2. The number of hydrogen-bond donors (Lipinski definition) is 3. The van der Waals surface area contributed by atoms with Crippen LogP contribution in [-0.2, 0) is 0 Å². The number of fused-ring (bicyclic) bond motifs is 1.